The molecule has 1 N–H and O–H groups in total. The van der Waals surface area contributed by atoms with Crippen LogP contribution in [0.1, 0.15) is 11.3 Å². The lowest BCUT2D eigenvalue weighted by Crippen LogP contribution is -2.50. The summed E-state index contributed by atoms with van der Waals surface area (Å²) in [6, 6.07) is 11.9. The second kappa shape index (κ2) is 7.47. The molecule has 1 aliphatic rings. The number of nitrogens with one attached hydrogen (secondary N) is 1. The van der Waals surface area contributed by atoms with Gasteiger partial charge in [0.05, 0.1) is 11.9 Å². The first kappa shape index (κ1) is 17.1. The van der Waals surface area contributed by atoms with Gasteiger partial charge in [-0.25, -0.2) is 14.1 Å². The number of rotatable bonds is 6. The van der Waals surface area contributed by atoms with E-state index in [1.807, 2.05) is 31.3 Å². The second-order valence-electron chi connectivity index (χ2n) is 6.17. The summed E-state index contributed by atoms with van der Waals surface area (Å²) in [7, 11) is 0. The normalized spacial score (nSPS) is 14.2. The summed E-state index contributed by atoms with van der Waals surface area (Å²) in [5, 5.41) is 7.62. The van der Waals surface area contributed by atoms with Crippen molar-refractivity contribution in [1.29, 1.82) is 0 Å². The third-order valence-corrected chi connectivity index (χ3v) is 5.36. The summed E-state index contributed by atoms with van der Waals surface area (Å²) in [5.74, 6) is 1.17. The number of thioether (sulfide) groups is 1. The molecule has 0 atom stereocenters. The molecule has 0 amide bonds. The van der Waals surface area contributed by atoms with Crippen molar-refractivity contribution in [2.75, 3.05) is 13.1 Å². The van der Waals surface area contributed by atoms with Gasteiger partial charge >= 0.3 is 0 Å². The van der Waals surface area contributed by atoms with Gasteiger partial charge in [0, 0.05) is 36.0 Å². The summed E-state index contributed by atoms with van der Waals surface area (Å²) in [5.41, 5.74) is 2.18. The quantitative estimate of drug-likeness (QED) is 0.675. The highest BCUT2D eigenvalue weighted by molar-refractivity contribution is 7.98. The monoisotopic (exact) mass is 370 g/mol. The van der Waals surface area contributed by atoms with Crippen LogP contribution in [0.5, 0.6) is 5.75 Å². The van der Waals surface area contributed by atoms with Crippen molar-refractivity contribution >= 4 is 11.8 Å². The smallest absolute Gasteiger partial charge is 0.183 e. The average molecular weight is 370 g/mol. The van der Waals surface area contributed by atoms with E-state index in [2.05, 4.69) is 27.5 Å². The van der Waals surface area contributed by atoms with Crippen LogP contribution >= 0.6 is 11.8 Å². The summed E-state index contributed by atoms with van der Waals surface area (Å²) in [6.07, 6.45) is 3.12. The molecule has 0 unspecified atom stereocenters. The third-order valence-electron chi connectivity index (χ3n) is 4.17. The maximum absolute atomic E-state index is 14.0. The minimum Gasteiger partial charge on any atom is -0.484 e. The maximum Gasteiger partial charge on any atom is 0.183 e. The molecule has 0 aliphatic carbocycles. The van der Waals surface area contributed by atoms with Gasteiger partial charge in [0.1, 0.15) is 6.10 Å². The molecule has 3 heterocycles. The second-order valence-corrected chi connectivity index (χ2v) is 7.19. The number of aryl methyl sites for hydroxylation is 1. The Kier molecular flexibility index (Phi) is 4.90. The molecule has 5 nitrogen and oxygen atoms in total. The Morgan fingerprint density at radius 3 is 2.85 bits per heavy atom. The van der Waals surface area contributed by atoms with Gasteiger partial charge in [0.25, 0.3) is 0 Å². The van der Waals surface area contributed by atoms with Gasteiger partial charge in [-0.1, -0.05) is 30.3 Å². The van der Waals surface area contributed by atoms with E-state index in [0.717, 1.165) is 29.4 Å². The summed E-state index contributed by atoms with van der Waals surface area (Å²) in [4.78, 5) is 5.23. The van der Waals surface area contributed by atoms with Gasteiger partial charge in [-0.15, -0.1) is 11.8 Å². The Morgan fingerprint density at radius 1 is 1.31 bits per heavy atom. The van der Waals surface area contributed by atoms with Gasteiger partial charge < -0.3 is 10.1 Å². The zero-order chi connectivity index (χ0) is 17.9. The van der Waals surface area contributed by atoms with Crippen LogP contribution in [0.2, 0.25) is 0 Å². The maximum atomic E-state index is 14.0. The predicted molar refractivity (Wildman–Crippen MR) is 99.3 cm³/mol. The highest BCUT2D eigenvalue weighted by atomic mass is 32.2. The standard InChI is InChI=1S/C19H19FN4OS/c1-13-18(26-12-14-5-3-2-4-6-14)11-24(23-13)19-7-17(16(20)10-22-19)25-15-8-21-9-15/h2-7,10-11,15,21H,8-9,12H2,1H3. The SMILES string of the molecule is Cc1nn(-c2cc(OC3CNC3)c(F)cn2)cc1SCc1ccccc1. The minimum atomic E-state index is -0.455. The molecule has 4 rings (SSSR count). The molecule has 1 aliphatic heterocycles. The molecule has 1 fully saturated rings. The zero-order valence-corrected chi connectivity index (χ0v) is 15.2. The van der Waals surface area contributed by atoms with E-state index >= 15 is 0 Å². The fourth-order valence-electron chi connectivity index (χ4n) is 2.59. The number of halogens is 1. The summed E-state index contributed by atoms with van der Waals surface area (Å²) in [6.45, 7) is 3.43. The van der Waals surface area contributed by atoms with Gasteiger partial charge in [0.2, 0.25) is 0 Å². The number of hydrogen-bond acceptors (Lipinski definition) is 5. The van der Waals surface area contributed by atoms with E-state index in [9.17, 15) is 4.39 Å². The van der Waals surface area contributed by atoms with Crippen LogP contribution in [-0.4, -0.2) is 34.0 Å². The Labute approximate surface area is 155 Å². The number of hydrogen-bond donors (Lipinski definition) is 1. The van der Waals surface area contributed by atoms with Gasteiger partial charge in [-0.2, -0.15) is 5.10 Å². The van der Waals surface area contributed by atoms with Crippen LogP contribution in [0.25, 0.3) is 5.82 Å². The molecule has 0 saturated carbocycles. The van der Waals surface area contributed by atoms with Gasteiger partial charge in [0.15, 0.2) is 17.4 Å². The van der Waals surface area contributed by atoms with E-state index in [-0.39, 0.29) is 11.9 Å². The molecule has 1 saturated heterocycles. The van der Waals surface area contributed by atoms with Crippen LogP contribution < -0.4 is 10.1 Å². The number of aromatic nitrogens is 3. The molecule has 26 heavy (non-hydrogen) atoms. The first-order valence-electron chi connectivity index (χ1n) is 8.45. The van der Waals surface area contributed by atoms with Crippen LogP contribution in [0, 0.1) is 12.7 Å². The lowest BCUT2D eigenvalue weighted by atomic mass is 10.2. The molecule has 0 bridgehead atoms. The molecular weight excluding hydrogens is 351 g/mol. The number of nitrogens with zero attached hydrogens (tertiary/aromatic N) is 3. The van der Waals surface area contributed by atoms with Crippen LogP contribution in [0.3, 0.4) is 0 Å². The molecule has 134 valence electrons. The summed E-state index contributed by atoms with van der Waals surface area (Å²) < 4.78 is 21.3. The molecule has 0 spiro atoms. The molecular formula is C19H19FN4OS. The molecule has 0 radical (unpaired) electrons. The van der Waals surface area contributed by atoms with E-state index in [1.165, 1.54) is 11.8 Å². The van der Waals surface area contributed by atoms with Crippen LogP contribution in [-0.2, 0) is 5.75 Å². The van der Waals surface area contributed by atoms with Crippen molar-refractivity contribution in [3.63, 3.8) is 0 Å². The van der Waals surface area contributed by atoms with Crippen molar-refractivity contribution in [2.24, 2.45) is 0 Å². The van der Waals surface area contributed by atoms with Crippen molar-refractivity contribution in [2.45, 2.75) is 23.7 Å². The van der Waals surface area contributed by atoms with E-state index < -0.39 is 5.82 Å². The van der Waals surface area contributed by atoms with E-state index in [0.29, 0.717) is 5.82 Å². The molecule has 2 aromatic heterocycles. The van der Waals surface area contributed by atoms with E-state index in [4.69, 9.17) is 4.74 Å². The molecule has 3 aromatic rings. The number of ether oxygens (including phenoxy) is 1. The lowest BCUT2D eigenvalue weighted by molar-refractivity contribution is 0.136. The van der Waals surface area contributed by atoms with Crippen molar-refractivity contribution in [3.05, 3.63) is 65.9 Å². The first-order valence-corrected chi connectivity index (χ1v) is 9.44. The highest BCUT2D eigenvalue weighted by Crippen LogP contribution is 2.27. The lowest BCUT2D eigenvalue weighted by Gasteiger charge is -2.27. The van der Waals surface area contributed by atoms with Crippen molar-refractivity contribution in [1.82, 2.24) is 20.1 Å². The van der Waals surface area contributed by atoms with E-state index in [1.54, 1.807) is 22.5 Å². The van der Waals surface area contributed by atoms with Crippen molar-refractivity contribution in [3.8, 4) is 11.6 Å². The van der Waals surface area contributed by atoms with Gasteiger partial charge in [-0.05, 0) is 12.5 Å². The highest BCUT2D eigenvalue weighted by Gasteiger charge is 2.21. The molecule has 1 aromatic carbocycles. The Hall–Kier alpha value is -2.38. The van der Waals surface area contributed by atoms with Crippen molar-refractivity contribution < 1.29 is 9.13 Å². The Morgan fingerprint density at radius 2 is 2.12 bits per heavy atom. The fourth-order valence-corrected chi connectivity index (χ4v) is 3.53. The zero-order valence-electron chi connectivity index (χ0n) is 14.4. The third kappa shape index (κ3) is 3.73. The minimum absolute atomic E-state index is 0.0103. The Balaban J connectivity index is 1.51. The van der Waals surface area contributed by atoms with Gasteiger partial charge in [-0.3, -0.25) is 0 Å². The Bertz CT molecular complexity index is 896. The molecule has 7 heteroatoms. The number of pyridine rings is 1. The topological polar surface area (TPSA) is 52.0 Å². The largest absolute Gasteiger partial charge is 0.484 e. The average Bonchev–Trinajstić information content (AvgIpc) is 2.99. The van der Waals surface area contributed by atoms with Crippen LogP contribution in [0.4, 0.5) is 4.39 Å². The fraction of sp³-hybridized carbons (Fsp3) is 0.263. The first-order chi connectivity index (χ1) is 12.7. The van der Waals surface area contributed by atoms with Crippen LogP contribution in [0.15, 0.2) is 53.7 Å². The number of benzene rings is 1. The predicted octanol–water partition coefficient (Wildman–Crippen LogP) is 3.36. The summed E-state index contributed by atoms with van der Waals surface area (Å²) >= 11 is 1.72.